The fourth-order valence-corrected chi connectivity index (χ4v) is 2.44. The zero-order valence-electron chi connectivity index (χ0n) is 13.9. The van der Waals surface area contributed by atoms with Crippen LogP contribution in [0.4, 0.5) is 0 Å². The molecule has 0 unspecified atom stereocenters. The van der Waals surface area contributed by atoms with Crippen molar-refractivity contribution >= 4 is 16.9 Å². The number of benzene rings is 2. The number of aryl methyl sites for hydroxylation is 2. The van der Waals surface area contributed by atoms with Gasteiger partial charge < -0.3 is 9.47 Å². The summed E-state index contributed by atoms with van der Waals surface area (Å²) in [5, 5.41) is 8.10. The van der Waals surface area contributed by atoms with Crippen molar-refractivity contribution in [3.05, 3.63) is 63.9 Å². The largest absolute Gasteiger partial charge is 0.482 e. The Kier molecular flexibility index (Phi) is 4.74. The average Bonchev–Trinajstić information content (AvgIpc) is 2.59. The Morgan fingerprint density at radius 2 is 1.84 bits per heavy atom. The van der Waals surface area contributed by atoms with Crippen LogP contribution in [0.2, 0.25) is 0 Å². The Morgan fingerprint density at radius 1 is 1.12 bits per heavy atom. The fraction of sp³-hybridized carbons (Fsp3) is 0.222. The van der Waals surface area contributed by atoms with Crippen LogP contribution in [0.1, 0.15) is 11.1 Å². The highest BCUT2D eigenvalue weighted by atomic mass is 16.6. The van der Waals surface area contributed by atoms with Crippen LogP contribution >= 0.6 is 0 Å². The van der Waals surface area contributed by atoms with E-state index in [2.05, 4.69) is 10.3 Å². The highest BCUT2D eigenvalue weighted by Crippen LogP contribution is 2.16. The molecule has 3 aromatic rings. The lowest BCUT2D eigenvalue weighted by Crippen LogP contribution is -2.27. The van der Waals surface area contributed by atoms with E-state index in [1.165, 1.54) is 0 Å². The first kappa shape index (κ1) is 16.6. The molecule has 0 spiro atoms. The molecule has 0 aliphatic heterocycles. The van der Waals surface area contributed by atoms with Crippen molar-refractivity contribution in [2.75, 3.05) is 6.61 Å². The predicted molar refractivity (Wildman–Crippen MR) is 91.3 cm³/mol. The van der Waals surface area contributed by atoms with Gasteiger partial charge >= 0.3 is 5.97 Å². The van der Waals surface area contributed by atoms with E-state index in [9.17, 15) is 9.59 Å². The van der Waals surface area contributed by atoms with Crippen molar-refractivity contribution in [1.82, 2.24) is 15.0 Å². The molecular formula is C18H17N3O4. The molecule has 128 valence electrons. The molecule has 0 aliphatic carbocycles. The van der Waals surface area contributed by atoms with Crippen molar-refractivity contribution in [3.63, 3.8) is 0 Å². The van der Waals surface area contributed by atoms with Gasteiger partial charge in [-0.3, -0.25) is 4.79 Å². The van der Waals surface area contributed by atoms with Gasteiger partial charge in [-0.05, 0) is 49.2 Å². The first-order chi connectivity index (χ1) is 12.0. The van der Waals surface area contributed by atoms with E-state index in [4.69, 9.17) is 9.47 Å². The maximum atomic E-state index is 12.2. The number of hydrogen-bond acceptors (Lipinski definition) is 6. The van der Waals surface area contributed by atoms with Crippen molar-refractivity contribution in [1.29, 1.82) is 0 Å². The standard InChI is InChI=1S/C18H17N3O4/c1-12-7-13(2)9-14(8-12)24-10-17(22)25-11-21-18(23)15-5-3-4-6-16(15)19-20-21/h3-9H,10-11H2,1-2H3. The SMILES string of the molecule is Cc1cc(C)cc(OCC(=O)OCn2nnc3ccccc3c2=O)c1. The summed E-state index contributed by atoms with van der Waals surface area (Å²) in [5.74, 6) is -0.00173. The number of esters is 1. The molecule has 3 rings (SSSR count). The number of hydrogen-bond donors (Lipinski definition) is 0. The first-order valence-electron chi connectivity index (χ1n) is 7.72. The summed E-state index contributed by atoms with van der Waals surface area (Å²) in [4.78, 5) is 24.1. The van der Waals surface area contributed by atoms with Crippen molar-refractivity contribution in [2.45, 2.75) is 20.6 Å². The van der Waals surface area contributed by atoms with Crippen LogP contribution in [0, 0.1) is 13.8 Å². The Balaban J connectivity index is 1.61. The highest BCUT2D eigenvalue weighted by Gasteiger charge is 2.09. The third-order valence-electron chi connectivity index (χ3n) is 3.53. The Hall–Kier alpha value is -3.22. The number of aromatic nitrogens is 3. The summed E-state index contributed by atoms with van der Waals surface area (Å²) in [6.45, 7) is 3.33. The fourth-order valence-electron chi connectivity index (χ4n) is 2.44. The molecule has 0 saturated carbocycles. The first-order valence-corrected chi connectivity index (χ1v) is 7.72. The predicted octanol–water partition coefficient (Wildman–Crippen LogP) is 1.99. The van der Waals surface area contributed by atoms with E-state index in [1.54, 1.807) is 24.3 Å². The highest BCUT2D eigenvalue weighted by molar-refractivity contribution is 5.76. The third-order valence-corrected chi connectivity index (χ3v) is 3.53. The quantitative estimate of drug-likeness (QED) is 0.661. The minimum absolute atomic E-state index is 0.251. The van der Waals surface area contributed by atoms with Gasteiger partial charge in [-0.2, -0.15) is 4.68 Å². The van der Waals surface area contributed by atoms with Crippen LogP contribution in [0.15, 0.2) is 47.3 Å². The molecule has 25 heavy (non-hydrogen) atoms. The number of nitrogens with zero attached hydrogens (tertiary/aromatic N) is 3. The molecule has 0 bridgehead atoms. The molecule has 7 heteroatoms. The van der Waals surface area contributed by atoms with Gasteiger partial charge in [-0.15, -0.1) is 5.10 Å². The van der Waals surface area contributed by atoms with Gasteiger partial charge in [0.2, 0.25) is 0 Å². The Bertz CT molecular complexity index is 961. The second-order valence-electron chi connectivity index (χ2n) is 5.67. The second-order valence-corrected chi connectivity index (χ2v) is 5.67. The summed E-state index contributed by atoms with van der Waals surface area (Å²) in [6.07, 6.45) is 0. The second kappa shape index (κ2) is 7.12. The Labute approximate surface area is 143 Å². The smallest absolute Gasteiger partial charge is 0.345 e. The average molecular weight is 339 g/mol. The van der Waals surface area contributed by atoms with Crippen LogP contribution in [0.25, 0.3) is 10.9 Å². The maximum Gasteiger partial charge on any atom is 0.345 e. The number of fused-ring (bicyclic) bond motifs is 1. The molecule has 0 saturated heterocycles. The molecule has 0 fully saturated rings. The van der Waals surface area contributed by atoms with E-state index < -0.39 is 5.97 Å². The van der Waals surface area contributed by atoms with Gasteiger partial charge in [0.05, 0.1) is 5.39 Å². The number of rotatable bonds is 5. The van der Waals surface area contributed by atoms with Gasteiger partial charge in [0, 0.05) is 0 Å². The zero-order chi connectivity index (χ0) is 17.8. The molecule has 0 atom stereocenters. The molecule has 0 radical (unpaired) electrons. The molecule has 1 aromatic heterocycles. The van der Waals surface area contributed by atoms with Crippen LogP contribution in [0.3, 0.4) is 0 Å². The minimum atomic E-state index is -0.596. The lowest BCUT2D eigenvalue weighted by molar-refractivity contribution is -0.150. The van der Waals surface area contributed by atoms with Gasteiger partial charge in [0.15, 0.2) is 13.3 Å². The summed E-state index contributed by atoms with van der Waals surface area (Å²) in [6, 6.07) is 12.5. The van der Waals surface area contributed by atoms with Crippen LogP contribution in [0.5, 0.6) is 5.75 Å². The van der Waals surface area contributed by atoms with E-state index in [0.717, 1.165) is 15.8 Å². The van der Waals surface area contributed by atoms with Gasteiger partial charge in [-0.1, -0.05) is 23.4 Å². The van der Waals surface area contributed by atoms with E-state index in [1.807, 2.05) is 32.0 Å². The number of ether oxygens (including phenoxy) is 2. The summed E-state index contributed by atoms with van der Waals surface area (Å²) >= 11 is 0. The van der Waals surface area contributed by atoms with E-state index in [-0.39, 0.29) is 18.9 Å². The van der Waals surface area contributed by atoms with E-state index >= 15 is 0 Å². The van der Waals surface area contributed by atoms with Crippen molar-refractivity contribution in [3.8, 4) is 5.75 Å². The lowest BCUT2D eigenvalue weighted by Gasteiger charge is -2.09. The zero-order valence-corrected chi connectivity index (χ0v) is 13.9. The van der Waals surface area contributed by atoms with Gasteiger partial charge in [-0.25, -0.2) is 4.79 Å². The molecule has 0 N–H and O–H groups in total. The maximum absolute atomic E-state index is 12.2. The molecular weight excluding hydrogens is 322 g/mol. The molecule has 0 aliphatic rings. The monoisotopic (exact) mass is 339 g/mol. The van der Waals surface area contributed by atoms with Crippen LogP contribution < -0.4 is 10.3 Å². The molecule has 7 nitrogen and oxygen atoms in total. The van der Waals surface area contributed by atoms with Gasteiger partial charge in [0.25, 0.3) is 5.56 Å². The van der Waals surface area contributed by atoms with Crippen molar-refractivity contribution < 1.29 is 14.3 Å². The normalized spacial score (nSPS) is 10.6. The third kappa shape index (κ3) is 4.00. The van der Waals surface area contributed by atoms with Crippen LogP contribution in [-0.4, -0.2) is 27.6 Å². The minimum Gasteiger partial charge on any atom is -0.482 e. The number of carbonyl (C=O) groups is 1. The lowest BCUT2D eigenvalue weighted by atomic mass is 10.1. The molecule has 2 aromatic carbocycles. The van der Waals surface area contributed by atoms with Gasteiger partial charge in [0.1, 0.15) is 11.3 Å². The molecule has 0 amide bonds. The van der Waals surface area contributed by atoms with Crippen LogP contribution in [-0.2, 0) is 16.3 Å². The van der Waals surface area contributed by atoms with E-state index in [0.29, 0.717) is 16.7 Å². The number of carbonyl (C=O) groups excluding carboxylic acids is 1. The summed E-state index contributed by atoms with van der Waals surface area (Å²) in [7, 11) is 0. The summed E-state index contributed by atoms with van der Waals surface area (Å²) < 4.78 is 11.5. The summed E-state index contributed by atoms with van der Waals surface area (Å²) in [5.41, 5.74) is 2.21. The van der Waals surface area contributed by atoms with Crippen molar-refractivity contribution in [2.24, 2.45) is 0 Å². The Morgan fingerprint density at radius 3 is 2.60 bits per heavy atom. The topological polar surface area (TPSA) is 83.3 Å². The molecule has 1 heterocycles.